The Labute approximate surface area is 143 Å². The molecule has 0 saturated carbocycles. The fourth-order valence-electron chi connectivity index (χ4n) is 2.17. The van der Waals surface area contributed by atoms with Crippen molar-refractivity contribution < 1.29 is 9.26 Å². The molecular formula is C18H26N4O2. The van der Waals surface area contributed by atoms with E-state index >= 15 is 0 Å². The second-order valence-corrected chi connectivity index (χ2v) is 5.82. The second-order valence-electron chi connectivity index (χ2n) is 5.82. The van der Waals surface area contributed by atoms with Crippen molar-refractivity contribution in [3.63, 3.8) is 0 Å². The number of aryl methyl sites for hydroxylation is 1. The zero-order chi connectivity index (χ0) is 17.4. The van der Waals surface area contributed by atoms with Crippen LogP contribution >= 0.6 is 0 Å². The summed E-state index contributed by atoms with van der Waals surface area (Å²) in [6.07, 6.45) is 1.69. The van der Waals surface area contributed by atoms with Crippen molar-refractivity contribution in [3.8, 4) is 5.75 Å². The van der Waals surface area contributed by atoms with Gasteiger partial charge in [0.2, 0.25) is 0 Å². The smallest absolute Gasteiger partial charge is 0.191 e. The van der Waals surface area contributed by atoms with E-state index in [0.717, 1.165) is 29.5 Å². The topological polar surface area (TPSA) is 71.7 Å². The maximum absolute atomic E-state index is 5.90. The van der Waals surface area contributed by atoms with E-state index < -0.39 is 0 Å². The lowest BCUT2D eigenvalue weighted by atomic mass is 10.1. The number of nitrogens with one attached hydrogen (secondary N) is 2. The maximum Gasteiger partial charge on any atom is 0.191 e. The van der Waals surface area contributed by atoms with Crippen molar-refractivity contribution in [2.75, 3.05) is 6.54 Å². The predicted molar refractivity (Wildman–Crippen MR) is 95.1 cm³/mol. The molecule has 6 nitrogen and oxygen atoms in total. The summed E-state index contributed by atoms with van der Waals surface area (Å²) >= 11 is 0. The van der Waals surface area contributed by atoms with Gasteiger partial charge in [-0.15, -0.1) is 0 Å². The Morgan fingerprint density at radius 2 is 2.12 bits per heavy atom. The van der Waals surface area contributed by atoms with E-state index in [1.54, 1.807) is 6.26 Å². The highest BCUT2D eigenvalue weighted by atomic mass is 16.5. The third kappa shape index (κ3) is 5.61. The van der Waals surface area contributed by atoms with Crippen LogP contribution in [0.2, 0.25) is 0 Å². The average molecular weight is 330 g/mol. The Morgan fingerprint density at radius 3 is 2.79 bits per heavy atom. The van der Waals surface area contributed by atoms with Gasteiger partial charge in [-0.05, 0) is 39.3 Å². The van der Waals surface area contributed by atoms with Gasteiger partial charge in [-0.2, -0.15) is 0 Å². The highest BCUT2D eigenvalue weighted by Gasteiger charge is 2.07. The first-order chi connectivity index (χ1) is 11.6. The highest BCUT2D eigenvalue weighted by Crippen LogP contribution is 2.22. The second kappa shape index (κ2) is 8.96. The van der Waals surface area contributed by atoms with Gasteiger partial charge in [0.05, 0.1) is 19.2 Å². The first kappa shape index (κ1) is 17.8. The fraction of sp³-hybridized carbons (Fsp3) is 0.444. The summed E-state index contributed by atoms with van der Waals surface area (Å²) < 4.78 is 10.7. The van der Waals surface area contributed by atoms with Gasteiger partial charge in [-0.1, -0.05) is 17.3 Å². The molecule has 0 aliphatic heterocycles. The minimum absolute atomic E-state index is 0.132. The summed E-state index contributed by atoms with van der Waals surface area (Å²) in [7, 11) is 0. The van der Waals surface area contributed by atoms with Gasteiger partial charge in [-0.25, -0.2) is 4.99 Å². The van der Waals surface area contributed by atoms with Gasteiger partial charge in [0, 0.05) is 18.2 Å². The van der Waals surface area contributed by atoms with Crippen molar-refractivity contribution in [1.82, 2.24) is 15.8 Å². The summed E-state index contributed by atoms with van der Waals surface area (Å²) in [6, 6.07) is 8.03. The molecule has 0 radical (unpaired) electrons. The maximum atomic E-state index is 5.90. The first-order valence-electron chi connectivity index (χ1n) is 8.26. The van der Waals surface area contributed by atoms with Crippen molar-refractivity contribution in [2.45, 2.75) is 46.9 Å². The Morgan fingerprint density at radius 1 is 1.29 bits per heavy atom. The molecule has 1 aromatic carbocycles. The standard InChI is InChI=1S/C18H26N4O2/c1-5-19-18(21-12-16-8-9-23-22-16)20-11-15-7-6-14(4)10-17(15)24-13(2)3/h6-10,13H,5,11-12H2,1-4H3,(H2,19,20,21). The molecule has 2 rings (SSSR count). The van der Waals surface area contributed by atoms with Crippen molar-refractivity contribution in [2.24, 2.45) is 4.99 Å². The van der Waals surface area contributed by atoms with E-state index in [4.69, 9.17) is 9.26 Å². The Kier molecular flexibility index (Phi) is 6.66. The lowest BCUT2D eigenvalue weighted by Crippen LogP contribution is -2.36. The largest absolute Gasteiger partial charge is 0.491 e. The van der Waals surface area contributed by atoms with Crippen LogP contribution in [0.3, 0.4) is 0 Å². The molecule has 2 aromatic rings. The average Bonchev–Trinajstić information content (AvgIpc) is 3.04. The van der Waals surface area contributed by atoms with Crippen LogP contribution < -0.4 is 15.4 Å². The quantitative estimate of drug-likeness (QED) is 0.603. The van der Waals surface area contributed by atoms with Gasteiger partial charge in [0.25, 0.3) is 0 Å². The number of aromatic nitrogens is 1. The number of hydrogen-bond donors (Lipinski definition) is 2. The molecule has 1 aromatic heterocycles. The van der Waals surface area contributed by atoms with Crippen LogP contribution in [0.15, 0.2) is 40.0 Å². The lowest BCUT2D eigenvalue weighted by molar-refractivity contribution is 0.240. The van der Waals surface area contributed by atoms with Crippen LogP contribution in [0.5, 0.6) is 5.75 Å². The summed E-state index contributed by atoms with van der Waals surface area (Å²) in [5, 5.41) is 10.3. The molecule has 0 saturated heterocycles. The molecule has 130 valence electrons. The zero-order valence-electron chi connectivity index (χ0n) is 14.8. The number of aliphatic imine (C=N–C) groups is 1. The van der Waals surface area contributed by atoms with E-state index in [9.17, 15) is 0 Å². The molecule has 0 fully saturated rings. The number of ether oxygens (including phenoxy) is 1. The fourth-order valence-corrected chi connectivity index (χ4v) is 2.17. The van der Waals surface area contributed by atoms with Crippen molar-refractivity contribution >= 4 is 5.96 Å². The molecule has 0 atom stereocenters. The summed E-state index contributed by atoms with van der Waals surface area (Å²) in [6.45, 7) is 10.0. The molecule has 1 heterocycles. The Bertz CT molecular complexity index is 651. The molecule has 0 bridgehead atoms. The molecule has 0 unspecified atom stereocenters. The summed E-state index contributed by atoms with van der Waals surface area (Å²) in [5.41, 5.74) is 3.07. The molecule has 6 heteroatoms. The molecule has 0 aliphatic carbocycles. The third-order valence-corrected chi connectivity index (χ3v) is 3.27. The monoisotopic (exact) mass is 330 g/mol. The van der Waals surface area contributed by atoms with Gasteiger partial charge < -0.3 is 19.9 Å². The molecule has 2 N–H and O–H groups in total. The van der Waals surface area contributed by atoms with E-state index in [1.807, 2.05) is 26.8 Å². The van der Waals surface area contributed by atoms with Crippen LogP contribution in [0.1, 0.15) is 37.6 Å². The number of nitrogens with zero attached hydrogens (tertiary/aromatic N) is 2. The van der Waals surface area contributed by atoms with Crippen molar-refractivity contribution in [3.05, 3.63) is 47.3 Å². The van der Waals surface area contributed by atoms with E-state index in [2.05, 4.69) is 45.9 Å². The van der Waals surface area contributed by atoms with Gasteiger partial charge >= 0.3 is 0 Å². The summed E-state index contributed by atoms with van der Waals surface area (Å²) in [4.78, 5) is 4.64. The summed E-state index contributed by atoms with van der Waals surface area (Å²) in [5.74, 6) is 1.62. The Balaban J connectivity index is 2.07. The lowest BCUT2D eigenvalue weighted by Gasteiger charge is -2.15. The number of rotatable bonds is 7. The van der Waals surface area contributed by atoms with Crippen molar-refractivity contribution in [1.29, 1.82) is 0 Å². The van der Waals surface area contributed by atoms with Crippen LogP contribution in [0, 0.1) is 6.92 Å². The normalized spacial score (nSPS) is 11.6. The van der Waals surface area contributed by atoms with Gasteiger partial charge in [-0.3, -0.25) is 0 Å². The van der Waals surface area contributed by atoms with Crippen LogP contribution in [-0.2, 0) is 13.1 Å². The molecule has 0 spiro atoms. The highest BCUT2D eigenvalue weighted by molar-refractivity contribution is 5.79. The van der Waals surface area contributed by atoms with E-state index in [1.165, 1.54) is 5.56 Å². The molecule has 0 amide bonds. The van der Waals surface area contributed by atoms with Crippen LogP contribution in [-0.4, -0.2) is 23.8 Å². The van der Waals surface area contributed by atoms with E-state index in [0.29, 0.717) is 13.1 Å². The number of benzene rings is 1. The van der Waals surface area contributed by atoms with Gasteiger partial charge in [0.1, 0.15) is 17.7 Å². The molecule has 0 aliphatic rings. The number of hydrogen-bond acceptors (Lipinski definition) is 4. The predicted octanol–water partition coefficient (Wildman–Crippen LogP) is 3.03. The van der Waals surface area contributed by atoms with E-state index in [-0.39, 0.29) is 6.10 Å². The zero-order valence-corrected chi connectivity index (χ0v) is 14.8. The third-order valence-electron chi connectivity index (χ3n) is 3.27. The minimum Gasteiger partial charge on any atom is -0.491 e. The SMILES string of the molecule is CCNC(=NCc1ccc(C)cc1OC(C)C)NCc1ccon1. The van der Waals surface area contributed by atoms with Crippen LogP contribution in [0.4, 0.5) is 0 Å². The van der Waals surface area contributed by atoms with Gasteiger partial charge in [0.15, 0.2) is 5.96 Å². The number of guanidine groups is 1. The van der Waals surface area contributed by atoms with Crippen LogP contribution in [0.25, 0.3) is 0 Å². The molecule has 24 heavy (non-hydrogen) atoms. The molecular weight excluding hydrogens is 304 g/mol. The Hall–Kier alpha value is -2.50. The first-order valence-corrected chi connectivity index (χ1v) is 8.26. The minimum atomic E-state index is 0.132.